The standard InChI is InChI=1S/C14H10N4/c15-8-11-2-1-3-13(6-11)10-18-14-7-12(9-16)4-5-17-14/h1-7H,10H2,(H,17,18). The number of nitriles is 2. The number of nitrogens with zero attached hydrogens (tertiary/aromatic N) is 3. The molecule has 1 heterocycles. The van der Waals surface area contributed by atoms with Crippen LogP contribution in [0.2, 0.25) is 0 Å². The molecule has 4 nitrogen and oxygen atoms in total. The van der Waals surface area contributed by atoms with Gasteiger partial charge >= 0.3 is 0 Å². The molecule has 0 aliphatic heterocycles. The lowest BCUT2D eigenvalue weighted by Crippen LogP contribution is -2.01. The molecule has 1 aromatic heterocycles. The molecule has 0 aliphatic carbocycles. The van der Waals surface area contributed by atoms with E-state index in [1.807, 2.05) is 18.2 Å². The predicted molar refractivity (Wildman–Crippen MR) is 67.4 cm³/mol. The lowest BCUT2D eigenvalue weighted by molar-refractivity contribution is 1.11. The molecule has 0 amide bonds. The second kappa shape index (κ2) is 5.47. The largest absolute Gasteiger partial charge is 0.366 e. The van der Waals surface area contributed by atoms with Crippen LogP contribution in [0, 0.1) is 22.7 Å². The maximum atomic E-state index is 8.80. The molecule has 0 unspecified atom stereocenters. The zero-order valence-electron chi connectivity index (χ0n) is 9.59. The van der Waals surface area contributed by atoms with Crippen LogP contribution in [0.3, 0.4) is 0 Å². The molecule has 0 spiro atoms. The highest BCUT2D eigenvalue weighted by molar-refractivity contribution is 5.43. The second-order valence-electron chi connectivity index (χ2n) is 3.71. The van der Waals surface area contributed by atoms with Gasteiger partial charge in [-0.3, -0.25) is 0 Å². The number of benzene rings is 1. The van der Waals surface area contributed by atoms with E-state index in [0.717, 1.165) is 5.56 Å². The van der Waals surface area contributed by atoms with Gasteiger partial charge in [-0.2, -0.15) is 10.5 Å². The van der Waals surface area contributed by atoms with Crippen LogP contribution in [0.15, 0.2) is 42.6 Å². The van der Waals surface area contributed by atoms with Gasteiger partial charge in [0.1, 0.15) is 5.82 Å². The van der Waals surface area contributed by atoms with E-state index in [0.29, 0.717) is 23.5 Å². The average Bonchev–Trinajstić information content (AvgIpc) is 2.45. The summed E-state index contributed by atoms with van der Waals surface area (Å²) in [6.45, 7) is 0.567. The first-order chi connectivity index (χ1) is 8.81. The van der Waals surface area contributed by atoms with Crippen molar-refractivity contribution in [2.75, 3.05) is 5.32 Å². The number of anilines is 1. The molecule has 2 rings (SSSR count). The fourth-order valence-corrected chi connectivity index (χ4v) is 1.54. The van der Waals surface area contributed by atoms with Gasteiger partial charge in [0, 0.05) is 12.7 Å². The van der Waals surface area contributed by atoms with Gasteiger partial charge in [0.25, 0.3) is 0 Å². The van der Waals surface area contributed by atoms with Crippen LogP contribution < -0.4 is 5.32 Å². The average molecular weight is 234 g/mol. The molecular weight excluding hydrogens is 224 g/mol. The highest BCUT2D eigenvalue weighted by Crippen LogP contribution is 2.09. The van der Waals surface area contributed by atoms with Crippen molar-refractivity contribution in [2.24, 2.45) is 0 Å². The molecular formula is C14H10N4. The van der Waals surface area contributed by atoms with E-state index in [1.54, 1.807) is 24.4 Å². The van der Waals surface area contributed by atoms with E-state index < -0.39 is 0 Å². The fourth-order valence-electron chi connectivity index (χ4n) is 1.54. The summed E-state index contributed by atoms with van der Waals surface area (Å²) in [6, 6.07) is 14.9. The number of hydrogen-bond acceptors (Lipinski definition) is 4. The van der Waals surface area contributed by atoms with Gasteiger partial charge in [-0.15, -0.1) is 0 Å². The van der Waals surface area contributed by atoms with Gasteiger partial charge in [-0.25, -0.2) is 4.98 Å². The zero-order valence-corrected chi connectivity index (χ0v) is 9.59. The maximum absolute atomic E-state index is 8.80. The quantitative estimate of drug-likeness (QED) is 0.885. The minimum atomic E-state index is 0.567. The maximum Gasteiger partial charge on any atom is 0.127 e. The van der Waals surface area contributed by atoms with Crippen LogP contribution in [0.5, 0.6) is 0 Å². The second-order valence-corrected chi connectivity index (χ2v) is 3.71. The molecule has 0 saturated carbocycles. The molecule has 0 saturated heterocycles. The van der Waals surface area contributed by atoms with E-state index in [1.165, 1.54) is 0 Å². The molecule has 1 aromatic carbocycles. The fraction of sp³-hybridized carbons (Fsp3) is 0.0714. The van der Waals surface area contributed by atoms with Crippen LogP contribution in [0.1, 0.15) is 16.7 Å². The van der Waals surface area contributed by atoms with Crippen molar-refractivity contribution in [3.8, 4) is 12.1 Å². The third-order valence-electron chi connectivity index (χ3n) is 2.42. The molecule has 2 aromatic rings. The Morgan fingerprint density at radius 1 is 1.06 bits per heavy atom. The smallest absolute Gasteiger partial charge is 0.127 e. The summed E-state index contributed by atoms with van der Waals surface area (Å²) in [4.78, 5) is 4.12. The molecule has 4 heteroatoms. The van der Waals surface area contributed by atoms with Gasteiger partial charge in [0.2, 0.25) is 0 Å². The van der Waals surface area contributed by atoms with Crippen molar-refractivity contribution in [1.82, 2.24) is 4.98 Å². The molecule has 0 fully saturated rings. The Hall–Kier alpha value is -2.85. The molecule has 0 radical (unpaired) electrons. The van der Waals surface area contributed by atoms with Gasteiger partial charge in [0.15, 0.2) is 0 Å². The Bertz CT molecular complexity index is 577. The molecule has 0 atom stereocenters. The van der Waals surface area contributed by atoms with Gasteiger partial charge < -0.3 is 5.32 Å². The van der Waals surface area contributed by atoms with E-state index in [9.17, 15) is 0 Å². The van der Waals surface area contributed by atoms with Crippen LogP contribution in [-0.2, 0) is 6.54 Å². The number of aromatic nitrogens is 1. The Balaban J connectivity index is 2.07. The van der Waals surface area contributed by atoms with E-state index in [4.69, 9.17) is 10.5 Å². The van der Waals surface area contributed by atoms with Crippen molar-refractivity contribution >= 4 is 5.82 Å². The van der Waals surface area contributed by atoms with Crippen molar-refractivity contribution < 1.29 is 0 Å². The summed E-state index contributed by atoms with van der Waals surface area (Å²) in [7, 11) is 0. The lowest BCUT2D eigenvalue weighted by Gasteiger charge is -2.05. The topological polar surface area (TPSA) is 72.5 Å². The lowest BCUT2D eigenvalue weighted by atomic mass is 10.1. The number of rotatable bonds is 3. The molecule has 86 valence electrons. The summed E-state index contributed by atoms with van der Waals surface area (Å²) < 4.78 is 0. The summed E-state index contributed by atoms with van der Waals surface area (Å²) in [5, 5.41) is 20.7. The van der Waals surface area contributed by atoms with Crippen molar-refractivity contribution in [2.45, 2.75) is 6.54 Å². The highest BCUT2D eigenvalue weighted by Gasteiger charge is 1.98. The predicted octanol–water partition coefficient (Wildman–Crippen LogP) is 2.44. The molecule has 1 N–H and O–H groups in total. The third-order valence-corrected chi connectivity index (χ3v) is 2.42. The van der Waals surface area contributed by atoms with Gasteiger partial charge in [-0.05, 0) is 29.8 Å². The van der Waals surface area contributed by atoms with Crippen molar-refractivity contribution in [3.63, 3.8) is 0 Å². The Kier molecular flexibility index (Phi) is 3.53. The summed E-state index contributed by atoms with van der Waals surface area (Å²) in [5.41, 5.74) is 2.20. The van der Waals surface area contributed by atoms with Crippen molar-refractivity contribution in [1.29, 1.82) is 10.5 Å². The molecule has 0 aliphatic rings. The Morgan fingerprint density at radius 3 is 2.61 bits per heavy atom. The van der Waals surface area contributed by atoms with Crippen LogP contribution in [-0.4, -0.2) is 4.98 Å². The molecule has 18 heavy (non-hydrogen) atoms. The molecule has 0 bridgehead atoms. The SMILES string of the molecule is N#Cc1cccc(CNc2cc(C#N)ccn2)c1. The first kappa shape index (κ1) is 11.6. The minimum Gasteiger partial charge on any atom is -0.366 e. The number of nitrogens with one attached hydrogen (secondary N) is 1. The first-order valence-corrected chi connectivity index (χ1v) is 5.41. The summed E-state index contributed by atoms with van der Waals surface area (Å²) in [5.74, 6) is 0.649. The number of hydrogen-bond donors (Lipinski definition) is 1. The van der Waals surface area contributed by atoms with E-state index in [-0.39, 0.29) is 0 Å². The van der Waals surface area contributed by atoms with Gasteiger partial charge in [-0.1, -0.05) is 12.1 Å². The van der Waals surface area contributed by atoms with Crippen LogP contribution in [0.4, 0.5) is 5.82 Å². The summed E-state index contributed by atoms with van der Waals surface area (Å²) in [6.07, 6.45) is 1.59. The van der Waals surface area contributed by atoms with Gasteiger partial charge in [0.05, 0.1) is 23.3 Å². The van der Waals surface area contributed by atoms with E-state index in [2.05, 4.69) is 22.4 Å². The van der Waals surface area contributed by atoms with E-state index >= 15 is 0 Å². The number of pyridine rings is 1. The Labute approximate surface area is 105 Å². The zero-order chi connectivity index (χ0) is 12.8. The van der Waals surface area contributed by atoms with Crippen LogP contribution >= 0.6 is 0 Å². The highest BCUT2D eigenvalue weighted by atomic mass is 15.0. The Morgan fingerprint density at radius 2 is 1.83 bits per heavy atom. The summed E-state index contributed by atoms with van der Waals surface area (Å²) >= 11 is 0. The van der Waals surface area contributed by atoms with Crippen LogP contribution in [0.25, 0.3) is 0 Å². The minimum absolute atomic E-state index is 0.567. The van der Waals surface area contributed by atoms with Crippen molar-refractivity contribution in [3.05, 3.63) is 59.3 Å². The normalized spacial score (nSPS) is 9.22. The first-order valence-electron chi connectivity index (χ1n) is 5.41. The monoisotopic (exact) mass is 234 g/mol. The third kappa shape index (κ3) is 2.84.